The summed E-state index contributed by atoms with van der Waals surface area (Å²) in [6.45, 7) is 5.94. The molecular weight excluding hydrogens is 328 g/mol. The van der Waals surface area contributed by atoms with Crippen LogP contribution >= 0.6 is 11.3 Å². The van der Waals surface area contributed by atoms with Gasteiger partial charge in [-0.3, -0.25) is 9.69 Å². The van der Waals surface area contributed by atoms with Gasteiger partial charge in [-0.25, -0.2) is 4.79 Å². The third kappa shape index (κ3) is 3.06. The highest BCUT2D eigenvalue weighted by atomic mass is 32.1. The maximum absolute atomic E-state index is 12.7. The molecule has 0 bridgehead atoms. The third-order valence-electron chi connectivity index (χ3n) is 4.04. The molecule has 0 aromatic carbocycles. The van der Waals surface area contributed by atoms with Crippen molar-refractivity contribution in [2.45, 2.75) is 45.7 Å². The number of rotatable bonds is 6. The number of carbonyl (C=O) groups excluding carboxylic acids is 2. The van der Waals surface area contributed by atoms with Crippen LogP contribution in [-0.2, 0) is 23.3 Å². The van der Waals surface area contributed by atoms with Crippen LogP contribution in [0.3, 0.4) is 0 Å². The fraction of sp³-hybridized carbons (Fsp3) is 0.500. The number of thiophene rings is 1. The number of aryl methyl sites for hydroxylation is 1. The van der Waals surface area contributed by atoms with Crippen molar-refractivity contribution in [2.24, 2.45) is 5.92 Å². The molecule has 2 aromatic heterocycles. The first kappa shape index (κ1) is 16.6. The van der Waals surface area contributed by atoms with Crippen LogP contribution < -0.4 is 5.32 Å². The van der Waals surface area contributed by atoms with Gasteiger partial charge in [0.25, 0.3) is 5.91 Å². The summed E-state index contributed by atoms with van der Waals surface area (Å²) in [5, 5.41) is 8.55. The minimum Gasteiger partial charge on any atom is -0.337 e. The first-order chi connectivity index (χ1) is 11.4. The number of imide groups is 1. The lowest BCUT2D eigenvalue weighted by Crippen LogP contribution is -2.40. The van der Waals surface area contributed by atoms with Crippen LogP contribution in [0, 0.1) is 5.92 Å². The number of carbonyl (C=O) groups is 2. The maximum atomic E-state index is 12.7. The van der Waals surface area contributed by atoms with Gasteiger partial charge in [-0.1, -0.05) is 25.1 Å². The highest BCUT2D eigenvalue weighted by molar-refractivity contribution is 7.10. The zero-order valence-corrected chi connectivity index (χ0v) is 14.7. The molecule has 1 aliphatic heterocycles. The smallest absolute Gasteiger partial charge is 0.325 e. The Hall–Kier alpha value is -2.22. The molecule has 0 saturated carbocycles. The summed E-state index contributed by atoms with van der Waals surface area (Å²) in [6.07, 6.45) is 1.67. The van der Waals surface area contributed by atoms with Crippen LogP contribution in [0.1, 0.15) is 43.8 Å². The molecule has 128 valence electrons. The van der Waals surface area contributed by atoms with E-state index in [9.17, 15) is 9.59 Å². The van der Waals surface area contributed by atoms with Crippen LogP contribution in [0.5, 0.6) is 0 Å². The lowest BCUT2D eigenvalue weighted by Gasteiger charge is -2.19. The fourth-order valence-corrected chi connectivity index (χ4v) is 3.41. The molecule has 1 N–H and O–H groups in total. The van der Waals surface area contributed by atoms with Gasteiger partial charge in [0, 0.05) is 11.3 Å². The summed E-state index contributed by atoms with van der Waals surface area (Å²) < 4.78 is 5.18. The Labute approximate surface area is 144 Å². The number of nitrogens with zero attached hydrogens (tertiary/aromatic N) is 3. The van der Waals surface area contributed by atoms with Crippen LogP contribution in [0.4, 0.5) is 4.79 Å². The second kappa shape index (κ2) is 6.35. The molecular formula is C16H20N4O3S. The van der Waals surface area contributed by atoms with Gasteiger partial charge < -0.3 is 9.84 Å². The van der Waals surface area contributed by atoms with Crippen molar-refractivity contribution >= 4 is 23.3 Å². The van der Waals surface area contributed by atoms with Crippen LogP contribution in [0.25, 0.3) is 0 Å². The Kier molecular flexibility index (Phi) is 4.40. The zero-order valence-electron chi connectivity index (χ0n) is 13.9. The number of hydrogen-bond donors (Lipinski definition) is 1. The second-order valence-corrected chi connectivity index (χ2v) is 7.41. The standard InChI is InChI=1S/C16H20N4O3S/c1-10(2)6-7-12-17-13(23-19-12)9-20-14(21)16(3,18-15(20)22)11-5-4-8-24-11/h4-5,8,10H,6-7,9H2,1-3H3,(H,18,22)/t16-/m1/s1. The van der Waals surface area contributed by atoms with Crippen molar-refractivity contribution in [3.63, 3.8) is 0 Å². The van der Waals surface area contributed by atoms with Crippen molar-refractivity contribution in [3.8, 4) is 0 Å². The molecule has 0 spiro atoms. The van der Waals surface area contributed by atoms with Crippen molar-refractivity contribution in [1.29, 1.82) is 0 Å². The number of aromatic nitrogens is 2. The molecule has 3 heterocycles. The molecule has 1 atom stereocenters. The van der Waals surface area contributed by atoms with Gasteiger partial charge >= 0.3 is 6.03 Å². The third-order valence-corrected chi connectivity index (χ3v) is 5.13. The Balaban J connectivity index is 1.72. The van der Waals surface area contributed by atoms with Gasteiger partial charge in [0.15, 0.2) is 11.4 Å². The molecule has 0 unspecified atom stereocenters. The van der Waals surface area contributed by atoms with E-state index in [0.717, 1.165) is 16.2 Å². The largest absolute Gasteiger partial charge is 0.337 e. The van der Waals surface area contributed by atoms with Crippen molar-refractivity contribution in [1.82, 2.24) is 20.4 Å². The molecule has 3 amide bonds. The van der Waals surface area contributed by atoms with E-state index in [-0.39, 0.29) is 18.3 Å². The van der Waals surface area contributed by atoms with E-state index in [1.54, 1.807) is 6.92 Å². The number of hydrogen-bond acceptors (Lipinski definition) is 6. The molecule has 8 heteroatoms. The second-order valence-electron chi connectivity index (χ2n) is 6.46. The highest BCUT2D eigenvalue weighted by Crippen LogP contribution is 2.32. The number of nitrogens with one attached hydrogen (secondary N) is 1. The van der Waals surface area contributed by atoms with Crippen LogP contribution in [0.2, 0.25) is 0 Å². The normalized spacial score (nSPS) is 20.9. The van der Waals surface area contributed by atoms with Gasteiger partial charge in [-0.15, -0.1) is 11.3 Å². The van der Waals surface area contributed by atoms with Gasteiger partial charge in [0.2, 0.25) is 5.89 Å². The summed E-state index contributed by atoms with van der Waals surface area (Å²) in [5.74, 6) is 1.11. The van der Waals surface area contributed by atoms with E-state index in [4.69, 9.17) is 4.52 Å². The molecule has 24 heavy (non-hydrogen) atoms. The molecule has 7 nitrogen and oxygen atoms in total. The SMILES string of the molecule is CC(C)CCc1noc(CN2C(=O)N[C@](C)(c3cccs3)C2=O)n1. The van der Waals surface area contributed by atoms with E-state index in [0.29, 0.717) is 18.2 Å². The molecule has 0 radical (unpaired) electrons. The van der Waals surface area contributed by atoms with Gasteiger partial charge in [0.1, 0.15) is 6.54 Å². The monoisotopic (exact) mass is 348 g/mol. The van der Waals surface area contributed by atoms with Crippen molar-refractivity contribution < 1.29 is 14.1 Å². The molecule has 1 aliphatic rings. The predicted octanol–water partition coefficient (Wildman–Crippen LogP) is 2.69. The Morgan fingerprint density at radius 3 is 2.88 bits per heavy atom. The number of urea groups is 1. The first-order valence-corrected chi connectivity index (χ1v) is 8.77. The lowest BCUT2D eigenvalue weighted by atomic mass is 10.0. The molecule has 0 aliphatic carbocycles. The van der Waals surface area contributed by atoms with E-state index < -0.39 is 11.6 Å². The average molecular weight is 348 g/mol. The van der Waals surface area contributed by atoms with Gasteiger partial charge in [-0.2, -0.15) is 4.98 Å². The molecule has 1 fully saturated rings. The fourth-order valence-electron chi connectivity index (χ4n) is 2.58. The van der Waals surface area contributed by atoms with E-state index in [1.807, 2.05) is 17.5 Å². The topological polar surface area (TPSA) is 88.3 Å². The minimum absolute atomic E-state index is 0.0136. The summed E-state index contributed by atoms with van der Waals surface area (Å²) in [4.78, 5) is 31.2. The molecule has 1 saturated heterocycles. The van der Waals surface area contributed by atoms with Crippen molar-refractivity contribution in [2.75, 3.05) is 0 Å². The summed E-state index contributed by atoms with van der Waals surface area (Å²) in [6, 6.07) is 3.24. The predicted molar refractivity (Wildman–Crippen MR) is 88.2 cm³/mol. The minimum atomic E-state index is -1.04. The Morgan fingerprint density at radius 2 is 2.21 bits per heavy atom. The summed E-state index contributed by atoms with van der Waals surface area (Å²) in [5.41, 5.74) is -1.04. The van der Waals surface area contributed by atoms with Gasteiger partial charge in [0.05, 0.1) is 0 Å². The molecule has 2 aromatic rings. The summed E-state index contributed by atoms with van der Waals surface area (Å²) in [7, 11) is 0. The van der Waals surface area contributed by atoms with E-state index in [1.165, 1.54) is 11.3 Å². The summed E-state index contributed by atoms with van der Waals surface area (Å²) >= 11 is 1.43. The lowest BCUT2D eigenvalue weighted by molar-refractivity contribution is -0.131. The highest BCUT2D eigenvalue weighted by Gasteiger charge is 2.50. The first-order valence-electron chi connectivity index (χ1n) is 7.89. The van der Waals surface area contributed by atoms with Crippen molar-refractivity contribution in [3.05, 3.63) is 34.1 Å². The van der Waals surface area contributed by atoms with Gasteiger partial charge in [-0.05, 0) is 30.7 Å². The zero-order chi connectivity index (χ0) is 17.3. The number of amides is 3. The quantitative estimate of drug-likeness (QED) is 0.811. The Bertz CT molecular complexity index is 740. The molecule has 3 rings (SSSR count). The van der Waals surface area contributed by atoms with Crippen LogP contribution in [-0.4, -0.2) is 27.0 Å². The van der Waals surface area contributed by atoms with E-state index in [2.05, 4.69) is 29.3 Å². The maximum Gasteiger partial charge on any atom is 0.325 e. The Morgan fingerprint density at radius 1 is 1.42 bits per heavy atom. The average Bonchev–Trinajstić information content (AvgIpc) is 3.24. The van der Waals surface area contributed by atoms with Crippen LogP contribution in [0.15, 0.2) is 22.0 Å². The van der Waals surface area contributed by atoms with E-state index >= 15 is 0 Å².